The number of hydrogen-bond acceptors (Lipinski definition) is 2. The number of hydrogen-bond donors (Lipinski definition) is 0. The Balaban J connectivity index is 3.00. The Hall–Kier alpha value is -0.920. The molecule has 6 heavy (non-hydrogen) atoms. The summed E-state index contributed by atoms with van der Waals surface area (Å²) >= 11 is 0. The third-order valence-electron chi connectivity index (χ3n) is 0.439. The van der Waals surface area contributed by atoms with E-state index in [9.17, 15) is 0 Å². The van der Waals surface area contributed by atoms with Gasteiger partial charge in [0.05, 0.1) is 0 Å². The number of aromatic nitrogens is 2. The molecular formula is C4H3N2. The third-order valence-corrected chi connectivity index (χ3v) is 0.439. The lowest BCUT2D eigenvalue weighted by Crippen LogP contribution is -1.70. The first kappa shape index (κ1) is 3.28. The predicted octanol–water partition coefficient (Wildman–Crippen LogP) is 0.277. The van der Waals surface area contributed by atoms with E-state index in [1.165, 1.54) is 0 Å². The van der Waals surface area contributed by atoms with Gasteiger partial charge in [-0.05, 0) is 12.1 Å². The van der Waals surface area contributed by atoms with Crippen molar-refractivity contribution in [2.24, 2.45) is 0 Å². The minimum absolute atomic E-state index is 1.61. The predicted molar refractivity (Wildman–Crippen MR) is 20.9 cm³/mol. The molecule has 0 fully saturated rings. The van der Waals surface area contributed by atoms with Gasteiger partial charge in [0, 0.05) is 6.20 Å². The molecule has 1 aromatic rings. The summed E-state index contributed by atoms with van der Waals surface area (Å²) in [4.78, 5) is 0. The van der Waals surface area contributed by atoms with Crippen molar-refractivity contribution in [3.8, 4) is 0 Å². The molecule has 1 heterocycles. The van der Waals surface area contributed by atoms with Gasteiger partial charge in [0.2, 0.25) is 0 Å². The van der Waals surface area contributed by atoms with Gasteiger partial charge in [-0.25, -0.2) is 0 Å². The Kier molecular flexibility index (Phi) is 0.819. The summed E-state index contributed by atoms with van der Waals surface area (Å²) < 4.78 is 0. The van der Waals surface area contributed by atoms with Gasteiger partial charge < -0.3 is 0 Å². The fourth-order valence-electron chi connectivity index (χ4n) is 0.225. The molecule has 0 aromatic carbocycles. The van der Waals surface area contributed by atoms with E-state index in [0.29, 0.717) is 0 Å². The molecule has 2 heteroatoms. The average Bonchev–Trinajstić information content (AvgIpc) is 1.72. The van der Waals surface area contributed by atoms with E-state index in [-0.39, 0.29) is 0 Å². The van der Waals surface area contributed by atoms with Crippen molar-refractivity contribution in [2.75, 3.05) is 0 Å². The summed E-state index contributed by atoms with van der Waals surface area (Å²) in [6.07, 6.45) is 4.14. The summed E-state index contributed by atoms with van der Waals surface area (Å²) in [6, 6.07) is 3.47. The second-order valence-corrected chi connectivity index (χ2v) is 0.853. The van der Waals surface area contributed by atoms with Gasteiger partial charge in [-0.15, -0.1) is 5.10 Å². The SMILES string of the molecule is [c]1cccnn1. The van der Waals surface area contributed by atoms with Gasteiger partial charge in [-0.1, -0.05) is 0 Å². The van der Waals surface area contributed by atoms with Crippen molar-refractivity contribution in [2.45, 2.75) is 0 Å². The first-order chi connectivity index (χ1) is 3.00. The lowest BCUT2D eigenvalue weighted by Gasteiger charge is -1.67. The van der Waals surface area contributed by atoms with Crippen LogP contribution in [-0.4, -0.2) is 10.2 Å². The van der Waals surface area contributed by atoms with Crippen LogP contribution in [0.4, 0.5) is 0 Å². The van der Waals surface area contributed by atoms with Crippen LogP contribution in [0, 0.1) is 6.20 Å². The van der Waals surface area contributed by atoms with Crippen molar-refractivity contribution in [1.29, 1.82) is 0 Å². The first-order valence-corrected chi connectivity index (χ1v) is 1.64. The molecule has 2 nitrogen and oxygen atoms in total. The topological polar surface area (TPSA) is 25.8 Å². The van der Waals surface area contributed by atoms with Crippen LogP contribution in [0.15, 0.2) is 18.3 Å². The van der Waals surface area contributed by atoms with Gasteiger partial charge >= 0.3 is 0 Å². The maximum atomic E-state index is 3.48. The van der Waals surface area contributed by atoms with Crippen molar-refractivity contribution >= 4 is 0 Å². The molecule has 0 amide bonds. The van der Waals surface area contributed by atoms with Crippen LogP contribution < -0.4 is 0 Å². The van der Waals surface area contributed by atoms with Crippen LogP contribution in [0.1, 0.15) is 0 Å². The van der Waals surface area contributed by atoms with Crippen LogP contribution in [0.2, 0.25) is 0 Å². The minimum Gasteiger partial charge on any atom is -0.158 e. The molecule has 1 aromatic heterocycles. The highest BCUT2D eigenvalue weighted by molar-refractivity contribution is 4.78. The van der Waals surface area contributed by atoms with E-state index in [1.54, 1.807) is 18.3 Å². The Morgan fingerprint density at radius 1 is 1.50 bits per heavy atom. The van der Waals surface area contributed by atoms with E-state index in [1.807, 2.05) is 0 Å². The molecule has 0 spiro atoms. The van der Waals surface area contributed by atoms with Crippen molar-refractivity contribution in [1.82, 2.24) is 10.2 Å². The van der Waals surface area contributed by atoms with Gasteiger partial charge in [-0.2, -0.15) is 5.10 Å². The molecule has 0 atom stereocenters. The zero-order chi connectivity index (χ0) is 4.24. The van der Waals surface area contributed by atoms with E-state index >= 15 is 0 Å². The summed E-state index contributed by atoms with van der Waals surface area (Å²) in [5, 5.41) is 6.89. The summed E-state index contributed by atoms with van der Waals surface area (Å²) in [5.41, 5.74) is 0. The van der Waals surface area contributed by atoms with Crippen molar-refractivity contribution < 1.29 is 0 Å². The normalized spacial score (nSPS) is 8.00. The zero-order valence-electron chi connectivity index (χ0n) is 3.13. The van der Waals surface area contributed by atoms with Crippen molar-refractivity contribution in [3.05, 3.63) is 24.5 Å². The lowest BCUT2D eigenvalue weighted by molar-refractivity contribution is 1.02. The smallest absolute Gasteiger partial charge is 0.113 e. The van der Waals surface area contributed by atoms with E-state index in [2.05, 4.69) is 16.4 Å². The quantitative estimate of drug-likeness (QED) is 0.446. The second kappa shape index (κ2) is 1.50. The first-order valence-electron chi connectivity index (χ1n) is 1.64. The van der Waals surface area contributed by atoms with E-state index < -0.39 is 0 Å². The molecule has 1 rings (SSSR count). The molecule has 0 saturated carbocycles. The average molecular weight is 79.1 g/mol. The second-order valence-electron chi connectivity index (χ2n) is 0.853. The maximum absolute atomic E-state index is 3.48. The van der Waals surface area contributed by atoms with Crippen molar-refractivity contribution in [3.63, 3.8) is 0 Å². The Bertz CT molecular complexity index is 77.5. The molecule has 0 saturated heterocycles. The summed E-state index contributed by atoms with van der Waals surface area (Å²) in [5.74, 6) is 0. The molecule has 0 N–H and O–H groups in total. The van der Waals surface area contributed by atoms with Gasteiger partial charge in [0.25, 0.3) is 0 Å². The zero-order valence-corrected chi connectivity index (χ0v) is 3.13. The van der Waals surface area contributed by atoms with Crippen LogP contribution in [0.5, 0.6) is 0 Å². The molecule has 1 radical (unpaired) electrons. The van der Waals surface area contributed by atoms with Crippen LogP contribution in [-0.2, 0) is 0 Å². The Morgan fingerprint density at radius 3 is 2.67 bits per heavy atom. The highest BCUT2D eigenvalue weighted by atomic mass is 15.1. The van der Waals surface area contributed by atoms with Gasteiger partial charge in [0.1, 0.15) is 6.20 Å². The van der Waals surface area contributed by atoms with Gasteiger partial charge in [0.15, 0.2) is 0 Å². The fraction of sp³-hybridized carbons (Fsp3) is 0. The standard InChI is InChI=1S/C4H3N2/c1-2-4-6-5-3-1/h1-3H. The molecule has 0 aliphatic heterocycles. The van der Waals surface area contributed by atoms with Gasteiger partial charge in [-0.3, -0.25) is 0 Å². The van der Waals surface area contributed by atoms with Crippen LogP contribution >= 0.6 is 0 Å². The molecule has 0 bridgehead atoms. The Labute approximate surface area is 35.8 Å². The van der Waals surface area contributed by atoms with E-state index in [0.717, 1.165) is 0 Å². The fourth-order valence-corrected chi connectivity index (χ4v) is 0.225. The van der Waals surface area contributed by atoms with Crippen LogP contribution in [0.25, 0.3) is 0 Å². The minimum atomic E-state index is 1.61. The molecule has 0 aliphatic rings. The summed E-state index contributed by atoms with van der Waals surface area (Å²) in [7, 11) is 0. The monoisotopic (exact) mass is 79.0 g/mol. The highest BCUT2D eigenvalue weighted by Gasteiger charge is 1.61. The van der Waals surface area contributed by atoms with Crippen LogP contribution in [0.3, 0.4) is 0 Å². The largest absolute Gasteiger partial charge is 0.158 e. The molecule has 0 unspecified atom stereocenters. The molecule has 0 aliphatic carbocycles. The van der Waals surface area contributed by atoms with E-state index in [4.69, 9.17) is 0 Å². The number of rotatable bonds is 0. The molecular weight excluding hydrogens is 76.1 g/mol. The lowest BCUT2D eigenvalue weighted by atomic mass is 10.6. The summed E-state index contributed by atoms with van der Waals surface area (Å²) in [6.45, 7) is 0. The highest BCUT2D eigenvalue weighted by Crippen LogP contribution is 1.66. The third kappa shape index (κ3) is 0.516. The Morgan fingerprint density at radius 2 is 2.50 bits per heavy atom. The maximum Gasteiger partial charge on any atom is 0.113 e. The molecule has 29 valence electrons. The number of nitrogens with zero attached hydrogens (tertiary/aromatic N) is 2.